The van der Waals surface area contributed by atoms with Crippen molar-refractivity contribution < 1.29 is 4.79 Å². The van der Waals surface area contributed by atoms with Gasteiger partial charge in [-0.15, -0.1) is 0 Å². The van der Waals surface area contributed by atoms with Gasteiger partial charge in [0.2, 0.25) is 5.91 Å². The molecule has 4 nitrogen and oxygen atoms in total. The highest BCUT2D eigenvalue weighted by Gasteiger charge is 2.60. The van der Waals surface area contributed by atoms with Gasteiger partial charge < -0.3 is 0 Å². The largest absolute Gasteiger partial charge is 0.273 e. The number of hydrazone groups is 1. The maximum absolute atomic E-state index is 12.1. The van der Waals surface area contributed by atoms with Gasteiger partial charge in [-0.25, -0.2) is 5.43 Å². The molecule has 1 aliphatic rings. The number of nitrogens with zero attached hydrogens (tertiary/aromatic N) is 2. The van der Waals surface area contributed by atoms with Gasteiger partial charge in [-0.3, -0.25) is 4.79 Å². The molecule has 1 amide bonds. The molecule has 1 saturated carbocycles. The lowest BCUT2D eigenvalue weighted by Crippen LogP contribution is -2.21. The van der Waals surface area contributed by atoms with E-state index in [1.807, 2.05) is 19.9 Å². The number of halogens is 2. The van der Waals surface area contributed by atoms with Gasteiger partial charge in [0.05, 0.1) is 23.8 Å². The first kappa shape index (κ1) is 16.5. The summed E-state index contributed by atoms with van der Waals surface area (Å²) >= 11 is 11.3. The molecular weight excluding hydrogens is 321 g/mol. The zero-order valence-corrected chi connectivity index (χ0v) is 13.7. The topological polar surface area (TPSA) is 65.2 Å². The first-order chi connectivity index (χ1) is 10.4. The average Bonchev–Trinajstić information content (AvgIpc) is 2.99. The second-order valence-corrected chi connectivity index (χ2v) is 6.76. The highest BCUT2D eigenvalue weighted by Crippen LogP contribution is 2.59. The van der Waals surface area contributed by atoms with Crippen LogP contribution in [0.5, 0.6) is 0 Å². The van der Waals surface area contributed by atoms with E-state index in [1.165, 1.54) is 6.21 Å². The summed E-state index contributed by atoms with van der Waals surface area (Å²) in [6.45, 7) is 3.97. The molecule has 0 radical (unpaired) electrons. The zero-order chi connectivity index (χ0) is 16.3. The van der Waals surface area contributed by atoms with Gasteiger partial charge in [0.1, 0.15) is 4.49 Å². The first-order valence-corrected chi connectivity index (χ1v) is 7.47. The van der Waals surface area contributed by atoms with Crippen LogP contribution >= 0.6 is 23.2 Å². The van der Waals surface area contributed by atoms with Crippen LogP contribution in [0.15, 0.2) is 39.9 Å². The molecule has 1 aliphatic carbocycles. The molecule has 22 heavy (non-hydrogen) atoms. The summed E-state index contributed by atoms with van der Waals surface area (Å²) in [5.41, 5.74) is 3.73. The first-order valence-electron chi connectivity index (χ1n) is 6.72. The number of hydrogen-bond acceptors (Lipinski definition) is 3. The number of nitrogens with one attached hydrogen (secondary N) is 1. The van der Waals surface area contributed by atoms with E-state index in [0.29, 0.717) is 5.56 Å². The molecule has 6 heteroatoms. The summed E-state index contributed by atoms with van der Waals surface area (Å²) in [6.07, 6.45) is 3.23. The van der Waals surface area contributed by atoms with Crippen molar-refractivity contribution >= 4 is 35.3 Å². The Hall–Kier alpha value is -1.83. The average molecular weight is 336 g/mol. The lowest BCUT2D eigenvalue weighted by molar-refractivity contribution is -0.123. The van der Waals surface area contributed by atoms with Crippen LogP contribution in [0.2, 0.25) is 0 Å². The molecule has 2 atom stereocenters. The molecule has 1 N–H and O–H groups in total. The SMILES string of the molecule is CC1(C)[C@H](C=C(Cl)Cl)[C@H]1C(=O)N/N=C\c1ccc(C#N)cc1. The van der Waals surface area contributed by atoms with E-state index in [0.717, 1.165) is 5.56 Å². The predicted octanol–water partition coefficient (Wildman–Crippen LogP) is 3.60. The van der Waals surface area contributed by atoms with Crippen molar-refractivity contribution in [2.75, 3.05) is 0 Å². The fourth-order valence-electron chi connectivity index (χ4n) is 2.51. The van der Waals surface area contributed by atoms with Crippen LogP contribution in [-0.4, -0.2) is 12.1 Å². The van der Waals surface area contributed by atoms with Crippen molar-refractivity contribution in [3.8, 4) is 6.07 Å². The molecule has 0 saturated heterocycles. The second kappa shape index (κ2) is 6.51. The maximum atomic E-state index is 12.1. The number of allylic oxidation sites excluding steroid dienone is 1. The number of amides is 1. The normalized spacial score (nSPS) is 22.0. The minimum atomic E-state index is -0.196. The zero-order valence-electron chi connectivity index (χ0n) is 12.2. The lowest BCUT2D eigenvalue weighted by Gasteiger charge is -2.01. The summed E-state index contributed by atoms with van der Waals surface area (Å²) in [6, 6.07) is 8.94. The van der Waals surface area contributed by atoms with Gasteiger partial charge >= 0.3 is 0 Å². The number of carbonyl (C=O) groups excluding carboxylic acids is 1. The Morgan fingerprint density at radius 2 is 2.00 bits per heavy atom. The van der Waals surface area contributed by atoms with E-state index in [1.54, 1.807) is 30.3 Å². The monoisotopic (exact) mass is 335 g/mol. The van der Waals surface area contributed by atoms with Crippen molar-refractivity contribution in [3.05, 3.63) is 46.0 Å². The predicted molar refractivity (Wildman–Crippen MR) is 87.4 cm³/mol. The Morgan fingerprint density at radius 3 is 2.55 bits per heavy atom. The maximum Gasteiger partial charge on any atom is 0.244 e. The molecule has 1 aromatic rings. The van der Waals surface area contributed by atoms with Crippen LogP contribution in [-0.2, 0) is 4.79 Å². The summed E-state index contributed by atoms with van der Waals surface area (Å²) in [5, 5.41) is 12.7. The molecule has 0 unspecified atom stereocenters. The molecule has 0 aliphatic heterocycles. The Morgan fingerprint density at radius 1 is 1.36 bits per heavy atom. The third-order valence-corrected chi connectivity index (χ3v) is 4.18. The Balaban J connectivity index is 1.94. The van der Waals surface area contributed by atoms with Gasteiger partial charge in [0, 0.05) is 0 Å². The van der Waals surface area contributed by atoms with Crippen molar-refractivity contribution in [3.63, 3.8) is 0 Å². The third kappa shape index (κ3) is 3.68. The lowest BCUT2D eigenvalue weighted by atomic mass is 10.1. The minimum absolute atomic E-state index is 0.0163. The standard InChI is InChI=1S/C16H15Cl2N3O/c1-16(2)12(7-13(17)18)14(16)15(22)21-20-9-11-5-3-10(8-19)4-6-11/h3-7,9,12,14H,1-2H3,(H,21,22)/b20-9-/t12-,14+/m1/s1. The van der Waals surface area contributed by atoms with Crippen molar-refractivity contribution in [2.24, 2.45) is 22.4 Å². The number of carbonyl (C=O) groups is 1. The molecule has 0 aromatic heterocycles. The smallest absolute Gasteiger partial charge is 0.244 e. The fraction of sp³-hybridized carbons (Fsp3) is 0.312. The summed E-state index contributed by atoms with van der Waals surface area (Å²) in [4.78, 5) is 12.1. The molecular formula is C16H15Cl2N3O. The Labute approximate surface area is 139 Å². The number of nitriles is 1. The molecule has 0 spiro atoms. The van der Waals surface area contributed by atoms with Crippen molar-refractivity contribution in [1.29, 1.82) is 5.26 Å². The van der Waals surface area contributed by atoms with Crippen molar-refractivity contribution in [2.45, 2.75) is 13.8 Å². The van der Waals surface area contributed by atoms with Crippen LogP contribution in [0.3, 0.4) is 0 Å². The Bertz CT molecular complexity index is 668. The highest BCUT2D eigenvalue weighted by atomic mass is 35.5. The van der Waals surface area contributed by atoms with E-state index in [9.17, 15) is 4.79 Å². The second-order valence-electron chi connectivity index (χ2n) is 5.75. The number of benzene rings is 1. The van der Waals surface area contributed by atoms with E-state index in [-0.39, 0.29) is 27.6 Å². The van der Waals surface area contributed by atoms with Gasteiger partial charge in [-0.2, -0.15) is 10.4 Å². The van der Waals surface area contributed by atoms with E-state index in [2.05, 4.69) is 10.5 Å². The van der Waals surface area contributed by atoms with Crippen LogP contribution in [0, 0.1) is 28.6 Å². The summed E-state index contributed by atoms with van der Waals surface area (Å²) in [7, 11) is 0. The summed E-state index contributed by atoms with van der Waals surface area (Å²) < 4.78 is 0.175. The van der Waals surface area contributed by atoms with Crippen LogP contribution in [0.1, 0.15) is 25.0 Å². The molecule has 1 fully saturated rings. The van der Waals surface area contributed by atoms with Crippen LogP contribution in [0.4, 0.5) is 0 Å². The van der Waals surface area contributed by atoms with E-state index < -0.39 is 0 Å². The van der Waals surface area contributed by atoms with Gasteiger partial charge in [-0.1, -0.05) is 49.2 Å². The van der Waals surface area contributed by atoms with Gasteiger partial charge in [0.15, 0.2) is 0 Å². The molecule has 0 bridgehead atoms. The van der Waals surface area contributed by atoms with Crippen LogP contribution in [0.25, 0.3) is 0 Å². The highest BCUT2D eigenvalue weighted by molar-refractivity contribution is 6.55. The number of hydrogen-bond donors (Lipinski definition) is 1. The fourth-order valence-corrected chi connectivity index (χ4v) is 2.78. The van der Waals surface area contributed by atoms with Gasteiger partial charge in [-0.05, 0) is 35.1 Å². The van der Waals surface area contributed by atoms with E-state index >= 15 is 0 Å². The molecule has 1 aromatic carbocycles. The molecule has 114 valence electrons. The molecule has 0 heterocycles. The van der Waals surface area contributed by atoms with E-state index in [4.69, 9.17) is 28.5 Å². The molecule has 2 rings (SSSR count). The summed E-state index contributed by atoms with van der Waals surface area (Å²) in [5.74, 6) is -0.341. The van der Waals surface area contributed by atoms with Gasteiger partial charge in [0.25, 0.3) is 0 Å². The third-order valence-electron chi connectivity index (χ3n) is 3.93. The van der Waals surface area contributed by atoms with Crippen LogP contribution < -0.4 is 5.43 Å². The Kier molecular flexibility index (Phi) is 4.90. The van der Waals surface area contributed by atoms with Crippen molar-refractivity contribution in [1.82, 2.24) is 5.43 Å². The minimum Gasteiger partial charge on any atom is -0.273 e. The quantitative estimate of drug-likeness (QED) is 0.674. The number of rotatable bonds is 4.